The largest absolute Gasteiger partial charge is 0.482 e. The van der Waals surface area contributed by atoms with Gasteiger partial charge in [0.25, 0.3) is 0 Å². The Morgan fingerprint density at radius 1 is 1.23 bits per heavy atom. The average molecular weight is 313 g/mol. The third-order valence-corrected chi connectivity index (χ3v) is 4.61. The molecule has 1 aromatic carbocycles. The van der Waals surface area contributed by atoms with Gasteiger partial charge in [-0.2, -0.15) is 13.2 Å². The van der Waals surface area contributed by atoms with E-state index >= 15 is 0 Å². The predicted molar refractivity (Wildman–Crippen MR) is 75.6 cm³/mol. The summed E-state index contributed by atoms with van der Waals surface area (Å²) in [5.41, 5.74) is 0.305. The van der Waals surface area contributed by atoms with E-state index in [-0.39, 0.29) is 17.6 Å². The Morgan fingerprint density at radius 2 is 2.00 bits per heavy atom. The number of rotatable bonds is 4. The van der Waals surface area contributed by atoms with Crippen LogP contribution in [0.1, 0.15) is 25.7 Å². The van der Waals surface area contributed by atoms with E-state index in [9.17, 15) is 18.0 Å². The molecule has 2 aliphatic carbocycles. The number of nitrogens with one attached hydrogen (secondary N) is 1. The minimum absolute atomic E-state index is 0.0191. The molecule has 2 aliphatic rings. The maximum atomic E-state index is 12.4. The van der Waals surface area contributed by atoms with Crippen LogP contribution in [0.15, 0.2) is 24.3 Å². The smallest absolute Gasteiger partial charge is 0.422 e. The van der Waals surface area contributed by atoms with Crippen molar-refractivity contribution < 1.29 is 22.7 Å². The van der Waals surface area contributed by atoms with Gasteiger partial charge in [-0.05, 0) is 43.2 Å². The first kappa shape index (κ1) is 15.2. The molecule has 3 unspecified atom stereocenters. The van der Waals surface area contributed by atoms with Crippen molar-refractivity contribution in [2.75, 3.05) is 11.9 Å². The Labute approximate surface area is 126 Å². The lowest BCUT2D eigenvalue weighted by molar-refractivity contribution is -0.153. The van der Waals surface area contributed by atoms with E-state index in [1.165, 1.54) is 12.5 Å². The van der Waals surface area contributed by atoms with Crippen LogP contribution in [-0.2, 0) is 4.79 Å². The van der Waals surface area contributed by atoms with Crippen LogP contribution in [0.4, 0.5) is 18.9 Å². The second-order valence-electron chi connectivity index (χ2n) is 6.17. The van der Waals surface area contributed by atoms with Crippen LogP contribution in [0.3, 0.4) is 0 Å². The highest BCUT2D eigenvalue weighted by Gasteiger charge is 2.43. The van der Waals surface area contributed by atoms with Crippen LogP contribution in [0.2, 0.25) is 0 Å². The molecular formula is C16H18F3NO2. The summed E-state index contributed by atoms with van der Waals surface area (Å²) in [6, 6.07) is 6.24. The standard InChI is InChI=1S/C16H18F3NO2/c17-16(18,19)9-22-14-4-2-1-3-13(14)20-15(21)12-8-10-5-6-11(12)7-10/h1-4,10-12H,5-9H2,(H,20,21). The summed E-state index contributed by atoms with van der Waals surface area (Å²) in [5, 5.41) is 2.74. The summed E-state index contributed by atoms with van der Waals surface area (Å²) < 4.78 is 41.6. The summed E-state index contributed by atoms with van der Waals surface area (Å²) in [6.45, 7) is -1.37. The van der Waals surface area contributed by atoms with Gasteiger partial charge in [0.2, 0.25) is 5.91 Å². The molecule has 22 heavy (non-hydrogen) atoms. The molecule has 6 heteroatoms. The van der Waals surface area contributed by atoms with Crippen molar-refractivity contribution in [3.63, 3.8) is 0 Å². The number of amides is 1. The van der Waals surface area contributed by atoms with E-state index in [4.69, 9.17) is 4.74 Å². The van der Waals surface area contributed by atoms with E-state index < -0.39 is 12.8 Å². The predicted octanol–water partition coefficient (Wildman–Crippen LogP) is 4.00. The molecule has 0 saturated heterocycles. The lowest BCUT2D eigenvalue weighted by Gasteiger charge is -2.21. The highest BCUT2D eigenvalue weighted by atomic mass is 19.4. The second-order valence-corrected chi connectivity index (χ2v) is 6.17. The number of benzene rings is 1. The highest BCUT2D eigenvalue weighted by molar-refractivity contribution is 5.94. The fraction of sp³-hybridized carbons (Fsp3) is 0.562. The molecule has 3 atom stereocenters. The highest BCUT2D eigenvalue weighted by Crippen LogP contribution is 2.48. The number of anilines is 1. The summed E-state index contributed by atoms with van der Waals surface area (Å²) in [7, 11) is 0. The molecule has 0 aliphatic heterocycles. The van der Waals surface area contributed by atoms with Gasteiger partial charge in [-0.1, -0.05) is 18.6 Å². The van der Waals surface area contributed by atoms with E-state index in [1.54, 1.807) is 18.2 Å². The van der Waals surface area contributed by atoms with Crippen molar-refractivity contribution in [2.45, 2.75) is 31.9 Å². The van der Waals surface area contributed by atoms with Crippen molar-refractivity contribution >= 4 is 11.6 Å². The normalized spacial score (nSPS) is 27.0. The van der Waals surface area contributed by atoms with Crippen LogP contribution in [0.5, 0.6) is 5.75 Å². The Morgan fingerprint density at radius 3 is 2.64 bits per heavy atom. The number of halogens is 3. The molecule has 2 saturated carbocycles. The fourth-order valence-electron chi connectivity index (χ4n) is 3.65. The second kappa shape index (κ2) is 5.82. The SMILES string of the molecule is O=C(Nc1ccccc1OCC(F)(F)F)C1CC2CCC1C2. The molecule has 0 spiro atoms. The molecule has 1 N–H and O–H groups in total. The summed E-state index contributed by atoms with van der Waals surface area (Å²) in [4.78, 5) is 12.4. The van der Waals surface area contributed by atoms with Crippen LogP contribution in [-0.4, -0.2) is 18.7 Å². The zero-order chi connectivity index (χ0) is 15.7. The van der Waals surface area contributed by atoms with Gasteiger partial charge in [0.05, 0.1) is 5.69 Å². The number of alkyl halides is 3. The quantitative estimate of drug-likeness (QED) is 0.912. The van der Waals surface area contributed by atoms with Gasteiger partial charge >= 0.3 is 6.18 Å². The first-order chi connectivity index (χ1) is 10.4. The molecule has 0 aromatic heterocycles. The Kier molecular flexibility index (Phi) is 4.02. The number of fused-ring (bicyclic) bond motifs is 2. The molecule has 120 valence electrons. The van der Waals surface area contributed by atoms with E-state index in [1.807, 2.05) is 0 Å². The minimum Gasteiger partial charge on any atom is -0.482 e. The van der Waals surface area contributed by atoms with Crippen molar-refractivity contribution in [3.8, 4) is 5.75 Å². The fourth-order valence-corrected chi connectivity index (χ4v) is 3.65. The number of hydrogen-bond donors (Lipinski definition) is 1. The minimum atomic E-state index is -4.40. The van der Waals surface area contributed by atoms with Gasteiger partial charge in [0.1, 0.15) is 5.75 Å². The third kappa shape index (κ3) is 3.36. The van der Waals surface area contributed by atoms with Crippen LogP contribution >= 0.6 is 0 Å². The summed E-state index contributed by atoms with van der Waals surface area (Å²) in [5.74, 6) is 0.992. The van der Waals surface area contributed by atoms with Gasteiger partial charge in [-0.15, -0.1) is 0 Å². The van der Waals surface area contributed by atoms with Crippen molar-refractivity contribution in [1.29, 1.82) is 0 Å². The van der Waals surface area contributed by atoms with Gasteiger partial charge in [0, 0.05) is 5.92 Å². The van der Waals surface area contributed by atoms with Crippen molar-refractivity contribution in [1.82, 2.24) is 0 Å². The molecule has 1 aromatic rings. The monoisotopic (exact) mass is 313 g/mol. The topological polar surface area (TPSA) is 38.3 Å². The van der Waals surface area contributed by atoms with Gasteiger partial charge < -0.3 is 10.1 Å². The zero-order valence-electron chi connectivity index (χ0n) is 12.0. The van der Waals surface area contributed by atoms with Crippen molar-refractivity contribution in [2.24, 2.45) is 17.8 Å². The van der Waals surface area contributed by atoms with Crippen LogP contribution in [0, 0.1) is 17.8 Å². The van der Waals surface area contributed by atoms with E-state index in [0.29, 0.717) is 17.5 Å². The number of ether oxygens (including phenoxy) is 1. The lowest BCUT2D eigenvalue weighted by Crippen LogP contribution is -2.27. The Balaban J connectivity index is 1.66. The number of carbonyl (C=O) groups excluding carboxylic acids is 1. The Bertz CT molecular complexity index is 559. The van der Waals surface area contributed by atoms with Gasteiger partial charge in [-0.3, -0.25) is 4.79 Å². The first-order valence-corrected chi connectivity index (χ1v) is 7.52. The third-order valence-electron chi connectivity index (χ3n) is 4.61. The van der Waals surface area contributed by atoms with Gasteiger partial charge in [0.15, 0.2) is 6.61 Å². The maximum Gasteiger partial charge on any atom is 0.422 e. The Hall–Kier alpha value is -1.72. The molecule has 2 bridgehead atoms. The number of hydrogen-bond acceptors (Lipinski definition) is 2. The van der Waals surface area contributed by atoms with Crippen LogP contribution < -0.4 is 10.1 Å². The van der Waals surface area contributed by atoms with E-state index in [0.717, 1.165) is 19.3 Å². The van der Waals surface area contributed by atoms with E-state index in [2.05, 4.69) is 5.32 Å². The number of carbonyl (C=O) groups is 1. The maximum absolute atomic E-state index is 12.4. The molecule has 3 rings (SSSR count). The first-order valence-electron chi connectivity index (χ1n) is 7.52. The molecule has 3 nitrogen and oxygen atoms in total. The molecular weight excluding hydrogens is 295 g/mol. The number of para-hydroxylation sites is 2. The van der Waals surface area contributed by atoms with Crippen molar-refractivity contribution in [3.05, 3.63) is 24.3 Å². The van der Waals surface area contributed by atoms with Gasteiger partial charge in [-0.25, -0.2) is 0 Å². The molecule has 2 fully saturated rings. The average Bonchev–Trinajstić information content (AvgIpc) is 3.08. The molecule has 0 radical (unpaired) electrons. The molecule has 1 amide bonds. The lowest BCUT2D eigenvalue weighted by atomic mass is 9.88. The summed E-state index contributed by atoms with van der Waals surface area (Å²) in [6.07, 6.45) is -0.136. The van der Waals surface area contributed by atoms with Crippen LogP contribution in [0.25, 0.3) is 0 Å². The molecule has 0 heterocycles. The summed E-state index contributed by atoms with van der Waals surface area (Å²) >= 11 is 0. The zero-order valence-corrected chi connectivity index (χ0v) is 12.0.